The third-order valence-corrected chi connectivity index (χ3v) is 4.84. The molecule has 3 heteroatoms. The van der Waals surface area contributed by atoms with Gasteiger partial charge in [0.25, 0.3) is 0 Å². The summed E-state index contributed by atoms with van der Waals surface area (Å²) in [6.07, 6.45) is 1.26. The summed E-state index contributed by atoms with van der Waals surface area (Å²) in [5.74, 6) is 1.41. The average molecular weight is 310 g/mol. The van der Waals surface area contributed by atoms with Crippen LogP contribution in [-0.2, 0) is 4.79 Å². The fraction of sp³-hybridized carbons (Fsp3) is 0.450. The van der Waals surface area contributed by atoms with Crippen LogP contribution >= 0.6 is 0 Å². The zero-order valence-corrected chi connectivity index (χ0v) is 14.3. The number of hydrogen-bond donors (Lipinski definition) is 1. The van der Waals surface area contributed by atoms with E-state index in [0.29, 0.717) is 11.8 Å². The molecule has 0 saturated carbocycles. The van der Waals surface area contributed by atoms with Crippen LogP contribution in [0.2, 0.25) is 0 Å². The first kappa shape index (κ1) is 16.0. The van der Waals surface area contributed by atoms with E-state index in [2.05, 4.69) is 42.3 Å². The quantitative estimate of drug-likeness (QED) is 0.924. The lowest BCUT2D eigenvalue weighted by atomic mass is 9.91. The van der Waals surface area contributed by atoms with Crippen LogP contribution < -0.4 is 5.32 Å². The minimum atomic E-state index is -0.0910. The molecule has 0 aromatic heterocycles. The summed E-state index contributed by atoms with van der Waals surface area (Å²) in [6, 6.07) is 14.2. The van der Waals surface area contributed by atoms with Crippen molar-refractivity contribution in [2.45, 2.75) is 33.2 Å². The van der Waals surface area contributed by atoms with Gasteiger partial charge < -0.3 is 5.32 Å². The molecule has 1 amide bonds. The zero-order chi connectivity index (χ0) is 16.4. The maximum atomic E-state index is 12.6. The Morgan fingerprint density at radius 1 is 1.09 bits per heavy atom. The third kappa shape index (κ3) is 3.73. The van der Waals surface area contributed by atoms with E-state index < -0.39 is 0 Å². The van der Waals surface area contributed by atoms with Crippen molar-refractivity contribution in [1.82, 2.24) is 4.90 Å². The summed E-state index contributed by atoms with van der Waals surface area (Å²) in [5.41, 5.74) is 0.874. The van der Waals surface area contributed by atoms with Gasteiger partial charge in [0.1, 0.15) is 0 Å². The van der Waals surface area contributed by atoms with Gasteiger partial charge in [-0.3, -0.25) is 9.69 Å². The van der Waals surface area contributed by atoms with Crippen molar-refractivity contribution in [3.8, 4) is 0 Å². The second-order valence-corrected chi connectivity index (χ2v) is 7.13. The summed E-state index contributed by atoms with van der Waals surface area (Å²) in [7, 11) is 0. The van der Waals surface area contributed by atoms with E-state index in [1.54, 1.807) is 0 Å². The molecule has 122 valence electrons. The van der Waals surface area contributed by atoms with Gasteiger partial charge in [-0.05, 0) is 48.1 Å². The second kappa shape index (κ2) is 6.71. The fourth-order valence-electron chi connectivity index (χ4n) is 3.71. The largest absolute Gasteiger partial charge is 0.325 e. The van der Waals surface area contributed by atoms with Crippen molar-refractivity contribution < 1.29 is 4.79 Å². The Morgan fingerprint density at radius 2 is 1.74 bits per heavy atom. The van der Waals surface area contributed by atoms with E-state index in [4.69, 9.17) is 0 Å². The number of carbonyl (C=O) groups excluding carboxylic acids is 1. The summed E-state index contributed by atoms with van der Waals surface area (Å²) in [5, 5.41) is 5.42. The van der Waals surface area contributed by atoms with Crippen molar-refractivity contribution in [3.05, 3.63) is 42.5 Å². The number of fused-ring (bicyclic) bond motifs is 1. The molecular formula is C20H26N2O. The predicted molar refractivity (Wildman–Crippen MR) is 96.6 cm³/mol. The number of benzene rings is 2. The minimum absolute atomic E-state index is 0.0848. The molecule has 2 aromatic rings. The van der Waals surface area contributed by atoms with Crippen LogP contribution in [0.25, 0.3) is 10.8 Å². The van der Waals surface area contributed by atoms with Crippen molar-refractivity contribution in [1.29, 1.82) is 0 Å². The van der Waals surface area contributed by atoms with E-state index in [-0.39, 0.29) is 11.9 Å². The Labute approximate surface area is 138 Å². The van der Waals surface area contributed by atoms with Gasteiger partial charge in [0.05, 0.1) is 6.04 Å². The fourth-order valence-corrected chi connectivity index (χ4v) is 3.71. The topological polar surface area (TPSA) is 32.3 Å². The number of rotatable bonds is 3. The number of amides is 1. The molecule has 1 saturated heterocycles. The molecule has 2 aromatic carbocycles. The second-order valence-electron chi connectivity index (χ2n) is 7.13. The van der Waals surface area contributed by atoms with E-state index in [9.17, 15) is 4.79 Å². The van der Waals surface area contributed by atoms with Gasteiger partial charge >= 0.3 is 0 Å². The molecular weight excluding hydrogens is 284 g/mol. The Morgan fingerprint density at radius 3 is 2.43 bits per heavy atom. The monoisotopic (exact) mass is 310 g/mol. The van der Waals surface area contributed by atoms with E-state index in [1.165, 1.54) is 11.8 Å². The lowest BCUT2D eigenvalue weighted by molar-refractivity contribution is -0.121. The van der Waals surface area contributed by atoms with Gasteiger partial charge in [-0.2, -0.15) is 0 Å². The van der Waals surface area contributed by atoms with E-state index >= 15 is 0 Å². The molecule has 3 rings (SSSR count). The molecule has 3 atom stereocenters. The van der Waals surface area contributed by atoms with Gasteiger partial charge in [0, 0.05) is 18.8 Å². The van der Waals surface area contributed by atoms with Crippen LogP contribution in [0.4, 0.5) is 5.69 Å². The number of carbonyl (C=O) groups is 1. The smallest absolute Gasteiger partial charge is 0.241 e. The minimum Gasteiger partial charge on any atom is -0.325 e. The number of hydrogen-bond acceptors (Lipinski definition) is 2. The summed E-state index contributed by atoms with van der Waals surface area (Å²) >= 11 is 0. The molecule has 0 aliphatic carbocycles. The number of nitrogens with one attached hydrogen (secondary N) is 1. The molecule has 1 heterocycles. The number of nitrogens with zero attached hydrogens (tertiary/aromatic N) is 1. The van der Waals surface area contributed by atoms with Crippen molar-refractivity contribution >= 4 is 22.4 Å². The van der Waals surface area contributed by atoms with Crippen molar-refractivity contribution in [3.63, 3.8) is 0 Å². The number of likely N-dealkylation sites (tertiary alicyclic amines) is 1. The molecule has 0 spiro atoms. The van der Waals surface area contributed by atoms with Crippen LogP contribution in [0.1, 0.15) is 27.2 Å². The van der Waals surface area contributed by atoms with Crippen LogP contribution in [0.3, 0.4) is 0 Å². The van der Waals surface area contributed by atoms with Gasteiger partial charge in [-0.1, -0.05) is 44.2 Å². The molecule has 3 nitrogen and oxygen atoms in total. The molecule has 1 aliphatic heterocycles. The first-order valence-electron chi connectivity index (χ1n) is 8.56. The molecule has 0 radical (unpaired) electrons. The Balaban J connectivity index is 1.69. The number of anilines is 1. The molecule has 0 bridgehead atoms. The summed E-state index contributed by atoms with van der Waals surface area (Å²) < 4.78 is 0. The lowest BCUT2D eigenvalue weighted by Crippen LogP contribution is -2.48. The van der Waals surface area contributed by atoms with Crippen molar-refractivity contribution in [2.24, 2.45) is 11.8 Å². The Kier molecular flexibility index (Phi) is 4.67. The van der Waals surface area contributed by atoms with Gasteiger partial charge in [0.2, 0.25) is 5.91 Å². The summed E-state index contributed by atoms with van der Waals surface area (Å²) in [6.45, 7) is 8.58. The van der Waals surface area contributed by atoms with E-state index in [0.717, 1.165) is 24.2 Å². The maximum absolute atomic E-state index is 12.6. The molecule has 0 unspecified atom stereocenters. The zero-order valence-electron chi connectivity index (χ0n) is 14.3. The molecule has 23 heavy (non-hydrogen) atoms. The van der Waals surface area contributed by atoms with Gasteiger partial charge in [-0.25, -0.2) is 0 Å². The molecule has 1 fully saturated rings. The highest BCUT2D eigenvalue weighted by Crippen LogP contribution is 2.24. The molecule has 1 N–H and O–H groups in total. The lowest BCUT2D eigenvalue weighted by Gasteiger charge is -2.38. The van der Waals surface area contributed by atoms with Crippen molar-refractivity contribution in [2.75, 3.05) is 18.4 Å². The van der Waals surface area contributed by atoms with Gasteiger partial charge in [0.15, 0.2) is 0 Å². The first-order valence-corrected chi connectivity index (χ1v) is 8.56. The highest BCUT2D eigenvalue weighted by atomic mass is 16.2. The highest BCUT2D eigenvalue weighted by molar-refractivity contribution is 5.97. The summed E-state index contributed by atoms with van der Waals surface area (Å²) in [4.78, 5) is 14.9. The normalized spacial score (nSPS) is 23.6. The SMILES string of the molecule is C[C@@H]1C[C@@H](C)CN([C@@H](C)C(=O)Nc2ccc3ccccc3c2)C1. The van der Waals surface area contributed by atoms with Crippen LogP contribution in [0.5, 0.6) is 0 Å². The standard InChI is InChI=1S/C20H26N2O/c1-14-10-15(2)13-22(12-14)16(3)20(23)21-19-9-8-17-6-4-5-7-18(17)11-19/h4-9,11,14-16H,10,12-13H2,1-3H3,(H,21,23)/t14-,15-,16+/m1/s1. The maximum Gasteiger partial charge on any atom is 0.241 e. The highest BCUT2D eigenvalue weighted by Gasteiger charge is 2.28. The molecule has 1 aliphatic rings. The predicted octanol–water partition coefficient (Wildman–Crippen LogP) is 4.14. The Bertz CT molecular complexity index is 687. The first-order chi connectivity index (χ1) is 11.0. The van der Waals surface area contributed by atoms with Gasteiger partial charge in [-0.15, -0.1) is 0 Å². The van der Waals surface area contributed by atoms with Crippen LogP contribution in [0.15, 0.2) is 42.5 Å². The Hall–Kier alpha value is -1.87. The third-order valence-electron chi connectivity index (χ3n) is 4.84. The van der Waals surface area contributed by atoms with Crippen LogP contribution in [-0.4, -0.2) is 29.9 Å². The average Bonchev–Trinajstić information content (AvgIpc) is 2.53. The van der Waals surface area contributed by atoms with Crippen LogP contribution in [0, 0.1) is 11.8 Å². The van der Waals surface area contributed by atoms with E-state index in [1.807, 2.05) is 31.2 Å². The number of piperidine rings is 1.